The highest BCUT2D eigenvalue weighted by molar-refractivity contribution is 5.98. The molecule has 0 bridgehead atoms. The van der Waals surface area contributed by atoms with E-state index >= 15 is 0 Å². The molecule has 0 aromatic heterocycles. The Morgan fingerprint density at radius 2 is 1.64 bits per heavy atom. The molecule has 0 spiro atoms. The van der Waals surface area contributed by atoms with E-state index in [4.69, 9.17) is 4.74 Å². The van der Waals surface area contributed by atoms with E-state index in [9.17, 15) is 28.0 Å². The van der Waals surface area contributed by atoms with Crippen LogP contribution in [0.25, 0.3) is 0 Å². The molecule has 3 aliphatic rings. The van der Waals surface area contributed by atoms with Crippen molar-refractivity contribution in [3.05, 3.63) is 35.4 Å². The summed E-state index contributed by atoms with van der Waals surface area (Å²) in [6.45, 7) is 5.52. The number of carbonyl (C=O) groups is 4. The molecule has 8 nitrogen and oxygen atoms in total. The van der Waals surface area contributed by atoms with Gasteiger partial charge in [0.2, 0.25) is 17.7 Å². The van der Waals surface area contributed by atoms with Crippen LogP contribution in [0.15, 0.2) is 24.3 Å². The second-order valence-corrected chi connectivity index (χ2v) is 12.1. The number of benzene rings is 1. The Morgan fingerprint density at radius 3 is 2.23 bits per heavy atom. The molecule has 214 valence electrons. The second kappa shape index (κ2) is 11.6. The van der Waals surface area contributed by atoms with Crippen LogP contribution in [-0.2, 0) is 25.5 Å². The van der Waals surface area contributed by atoms with Crippen LogP contribution in [0.5, 0.6) is 0 Å². The summed E-state index contributed by atoms with van der Waals surface area (Å²) in [5.74, 6) is -4.86. The normalized spacial score (nSPS) is 24.3. The van der Waals surface area contributed by atoms with Crippen LogP contribution in [0.2, 0.25) is 0 Å². The molecule has 4 rings (SSSR count). The molecule has 3 fully saturated rings. The van der Waals surface area contributed by atoms with Crippen LogP contribution in [0.4, 0.5) is 13.6 Å². The van der Waals surface area contributed by atoms with Crippen molar-refractivity contribution in [2.45, 2.75) is 83.2 Å². The van der Waals surface area contributed by atoms with Gasteiger partial charge in [0.25, 0.3) is 5.92 Å². The van der Waals surface area contributed by atoms with Crippen molar-refractivity contribution in [2.24, 2.45) is 11.8 Å². The number of nitrogens with zero attached hydrogens (tertiary/aromatic N) is 2. The highest BCUT2D eigenvalue weighted by atomic mass is 19.3. The molecule has 0 aliphatic carbocycles. The lowest BCUT2D eigenvalue weighted by molar-refractivity contribution is -0.144. The molecule has 3 heterocycles. The van der Waals surface area contributed by atoms with Gasteiger partial charge >= 0.3 is 6.09 Å². The van der Waals surface area contributed by atoms with Crippen molar-refractivity contribution >= 4 is 23.8 Å². The lowest BCUT2D eigenvalue weighted by Crippen LogP contribution is -2.53. The van der Waals surface area contributed by atoms with Gasteiger partial charge < -0.3 is 14.5 Å². The molecular weight excluding hydrogens is 508 g/mol. The predicted molar refractivity (Wildman–Crippen MR) is 140 cm³/mol. The third kappa shape index (κ3) is 7.54. The van der Waals surface area contributed by atoms with E-state index in [1.807, 2.05) is 12.1 Å². The summed E-state index contributed by atoms with van der Waals surface area (Å²) < 4.78 is 35.0. The number of likely N-dealkylation sites (tertiary alicyclic amines) is 2. The van der Waals surface area contributed by atoms with Gasteiger partial charge in [0, 0.05) is 44.3 Å². The van der Waals surface area contributed by atoms with Crippen molar-refractivity contribution in [1.82, 2.24) is 15.1 Å². The maximum Gasteiger partial charge on any atom is 0.410 e. The number of piperidine rings is 3. The topological polar surface area (TPSA) is 96.0 Å². The Balaban J connectivity index is 1.24. The maximum absolute atomic E-state index is 14.9. The number of rotatable bonds is 5. The molecule has 39 heavy (non-hydrogen) atoms. The number of nitrogens with one attached hydrogen (secondary N) is 1. The molecule has 2 unspecified atom stereocenters. The van der Waals surface area contributed by atoms with Crippen molar-refractivity contribution in [1.29, 1.82) is 0 Å². The molecule has 1 N–H and O–H groups in total. The Bertz CT molecular complexity index is 1080. The van der Waals surface area contributed by atoms with E-state index in [1.165, 1.54) is 0 Å². The lowest BCUT2D eigenvalue weighted by atomic mass is 9.86. The van der Waals surface area contributed by atoms with E-state index < -0.39 is 30.1 Å². The Morgan fingerprint density at radius 1 is 1.00 bits per heavy atom. The van der Waals surface area contributed by atoms with Gasteiger partial charge in [-0.25, -0.2) is 13.6 Å². The van der Waals surface area contributed by atoms with E-state index in [1.54, 1.807) is 25.7 Å². The van der Waals surface area contributed by atoms with Gasteiger partial charge in [-0.2, -0.15) is 0 Å². The largest absolute Gasteiger partial charge is 0.444 e. The minimum atomic E-state index is -3.15. The smallest absolute Gasteiger partial charge is 0.410 e. The lowest BCUT2D eigenvalue weighted by Gasteiger charge is -2.39. The molecule has 0 saturated carbocycles. The van der Waals surface area contributed by atoms with E-state index in [2.05, 4.69) is 17.4 Å². The number of ether oxygens (including phenoxy) is 1. The summed E-state index contributed by atoms with van der Waals surface area (Å²) in [5.41, 5.74) is 1.44. The van der Waals surface area contributed by atoms with Crippen LogP contribution < -0.4 is 5.32 Å². The monoisotopic (exact) mass is 547 g/mol. The summed E-state index contributed by atoms with van der Waals surface area (Å²) in [6, 6.07) is 8.15. The van der Waals surface area contributed by atoms with Crippen LogP contribution in [-0.4, -0.2) is 71.3 Å². The molecule has 3 saturated heterocycles. The third-order valence-electron chi connectivity index (χ3n) is 7.95. The van der Waals surface area contributed by atoms with Gasteiger partial charge in [0.05, 0.1) is 6.54 Å². The first-order valence-electron chi connectivity index (χ1n) is 13.9. The molecular formula is C29H39F2N3O5. The first-order chi connectivity index (χ1) is 18.3. The Kier molecular flexibility index (Phi) is 8.61. The number of hydrogen-bond donors (Lipinski definition) is 1. The average Bonchev–Trinajstić information content (AvgIpc) is 2.86. The number of amides is 4. The fraction of sp³-hybridized carbons (Fsp3) is 0.655. The molecule has 0 radical (unpaired) electrons. The first kappa shape index (κ1) is 29.0. The van der Waals surface area contributed by atoms with Gasteiger partial charge in [0.1, 0.15) is 5.60 Å². The van der Waals surface area contributed by atoms with Crippen molar-refractivity contribution < 1.29 is 32.7 Å². The van der Waals surface area contributed by atoms with Crippen LogP contribution in [0.3, 0.4) is 0 Å². The predicted octanol–water partition coefficient (Wildman–Crippen LogP) is 4.27. The fourth-order valence-electron chi connectivity index (χ4n) is 5.66. The molecule has 1 aromatic carbocycles. The van der Waals surface area contributed by atoms with Crippen LogP contribution in [0, 0.1) is 11.8 Å². The number of hydrogen-bond acceptors (Lipinski definition) is 5. The highest BCUT2D eigenvalue weighted by Crippen LogP contribution is 2.37. The first-order valence-corrected chi connectivity index (χ1v) is 13.9. The SMILES string of the molecule is CC(C)(C)OC(=O)N1CCC(CC(=O)N2CCC(c3ccc(CC4CCC(=O)NC4=O)cc3)CC2)C(F)(F)C1. The summed E-state index contributed by atoms with van der Waals surface area (Å²) in [4.78, 5) is 51.2. The zero-order valence-electron chi connectivity index (χ0n) is 23.0. The molecule has 10 heteroatoms. The number of imide groups is 1. The second-order valence-electron chi connectivity index (χ2n) is 12.1. The zero-order valence-corrected chi connectivity index (χ0v) is 23.0. The minimum absolute atomic E-state index is 0.0552. The van der Waals surface area contributed by atoms with Gasteiger partial charge in [-0.15, -0.1) is 0 Å². The summed E-state index contributed by atoms with van der Waals surface area (Å²) in [5, 5.41) is 2.40. The van der Waals surface area contributed by atoms with E-state index in [0.29, 0.717) is 32.4 Å². The zero-order chi connectivity index (χ0) is 28.4. The van der Waals surface area contributed by atoms with Gasteiger partial charge in [-0.3, -0.25) is 19.7 Å². The summed E-state index contributed by atoms with van der Waals surface area (Å²) in [6.07, 6.45) is 2.11. The Hall–Kier alpha value is -3.04. The molecule has 4 amide bonds. The molecule has 3 aliphatic heterocycles. The quantitative estimate of drug-likeness (QED) is 0.556. The van der Waals surface area contributed by atoms with E-state index in [-0.39, 0.29) is 48.9 Å². The standard InChI is InChI=1S/C29H39F2N3O5/c1-28(2,3)39-27(38)34-15-12-23(29(30,31)18-34)17-25(36)33-13-10-21(11-14-33)20-6-4-19(5-7-20)16-22-8-9-24(35)32-26(22)37/h4-7,21-23H,8-18H2,1-3H3,(H,32,35,37). The summed E-state index contributed by atoms with van der Waals surface area (Å²) >= 11 is 0. The molecule has 2 atom stereocenters. The fourth-order valence-corrected chi connectivity index (χ4v) is 5.66. The summed E-state index contributed by atoms with van der Waals surface area (Å²) in [7, 11) is 0. The number of carbonyl (C=O) groups excluding carboxylic acids is 4. The van der Waals surface area contributed by atoms with Gasteiger partial charge in [0.15, 0.2) is 0 Å². The highest BCUT2D eigenvalue weighted by Gasteiger charge is 2.47. The average molecular weight is 548 g/mol. The van der Waals surface area contributed by atoms with Gasteiger partial charge in [-0.05, 0) is 69.9 Å². The maximum atomic E-state index is 14.9. The van der Waals surface area contributed by atoms with Crippen LogP contribution >= 0.6 is 0 Å². The Labute approximate surface area is 228 Å². The van der Waals surface area contributed by atoms with Gasteiger partial charge in [-0.1, -0.05) is 24.3 Å². The number of halogens is 2. The van der Waals surface area contributed by atoms with E-state index in [0.717, 1.165) is 28.9 Å². The van der Waals surface area contributed by atoms with Crippen molar-refractivity contribution in [3.8, 4) is 0 Å². The minimum Gasteiger partial charge on any atom is -0.444 e. The van der Waals surface area contributed by atoms with Crippen molar-refractivity contribution in [2.75, 3.05) is 26.2 Å². The number of alkyl halides is 2. The third-order valence-corrected chi connectivity index (χ3v) is 7.95. The van der Waals surface area contributed by atoms with Crippen LogP contribution in [0.1, 0.15) is 76.3 Å². The van der Waals surface area contributed by atoms with Crippen molar-refractivity contribution in [3.63, 3.8) is 0 Å². The molecule has 1 aromatic rings.